The van der Waals surface area contributed by atoms with E-state index in [1.807, 2.05) is 10.7 Å². The van der Waals surface area contributed by atoms with Crippen LogP contribution >= 0.6 is 0 Å². The molecule has 5 heterocycles. The quantitative estimate of drug-likeness (QED) is 0.734. The summed E-state index contributed by atoms with van der Waals surface area (Å²) in [6.45, 7) is 2.62. The van der Waals surface area contributed by atoms with Crippen molar-refractivity contribution in [2.75, 3.05) is 26.4 Å². The maximum atomic E-state index is 13.3. The fraction of sp³-hybridized carbons (Fsp3) is 0.474. The summed E-state index contributed by atoms with van der Waals surface area (Å²) < 4.78 is 52.8. The van der Waals surface area contributed by atoms with Gasteiger partial charge < -0.3 is 14.5 Å². The van der Waals surface area contributed by atoms with E-state index in [4.69, 9.17) is 14.6 Å². The summed E-state index contributed by atoms with van der Waals surface area (Å²) >= 11 is 0. The molecule has 3 aromatic heterocycles. The first-order valence-electron chi connectivity index (χ1n) is 9.30. The predicted molar refractivity (Wildman–Crippen MR) is 95.0 cm³/mol. The summed E-state index contributed by atoms with van der Waals surface area (Å²) in [4.78, 5) is 6.76. The average Bonchev–Trinajstić information content (AvgIpc) is 3.46. The molecule has 0 saturated carbocycles. The molecule has 0 aromatic carbocycles. The highest BCUT2D eigenvalue weighted by molar-refractivity contribution is 5.84. The Morgan fingerprint density at radius 2 is 1.93 bits per heavy atom. The van der Waals surface area contributed by atoms with E-state index in [0.717, 1.165) is 24.7 Å². The number of aromatic nitrogens is 4. The molecule has 2 fully saturated rings. The highest BCUT2D eigenvalue weighted by Crippen LogP contribution is 2.37. The van der Waals surface area contributed by atoms with Gasteiger partial charge in [-0.3, -0.25) is 4.68 Å². The summed E-state index contributed by atoms with van der Waals surface area (Å²) in [5.41, 5.74) is 1.73. The molecule has 28 heavy (non-hydrogen) atoms. The highest BCUT2D eigenvalue weighted by atomic mass is 19.4. The minimum atomic E-state index is -4.44. The summed E-state index contributed by atoms with van der Waals surface area (Å²) in [5, 5.41) is 4.79. The number of hydrogen-bond acceptors (Lipinski definition) is 4. The molecule has 0 unspecified atom stereocenters. The Morgan fingerprint density at radius 3 is 2.64 bits per heavy atom. The number of ether oxygens (including phenoxy) is 2. The predicted octanol–water partition coefficient (Wildman–Crippen LogP) is 3.91. The van der Waals surface area contributed by atoms with Crippen LogP contribution < -0.4 is 0 Å². The van der Waals surface area contributed by atoms with Crippen LogP contribution in [0.3, 0.4) is 0 Å². The second-order valence-electron chi connectivity index (χ2n) is 7.30. The third-order valence-electron chi connectivity index (χ3n) is 5.50. The molecule has 0 amide bonds. The number of aromatic amines is 1. The van der Waals surface area contributed by atoms with Crippen LogP contribution in [0, 0.1) is 0 Å². The summed E-state index contributed by atoms with van der Waals surface area (Å²) in [5.74, 6) is 0.233. The van der Waals surface area contributed by atoms with Crippen LogP contribution in [-0.4, -0.2) is 46.2 Å². The van der Waals surface area contributed by atoms with Gasteiger partial charge in [-0.25, -0.2) is 4.98 Å². The first-order valence-corrected chi connectivity index (χ1v) is 9.30. The first-order chi connectivity index (χ1) is 13.5. The number of rotatable bonds is 3. The lowest BCUT2D eigenvalue weighted by molar-refractivity contribution is -0.136. The Hall–Kier alpha value is -2.39. The second-order valence-corrected chi connectivity index (χ2v) is 7.30. The van der Waals surface area contributed by atoms with E-state index in [-0.39, 0.29) is 23.0 Å². The van der Waals surface area contributed by atoms with Crippen molar-refractivity contribution >= 4 is 11.0 Å². The van der Waals surface area contributed by atoms with Gasteiger partial charge in [0.05, 0.1) is 30.5 Å². The number of nitrogens with zero attached hydrogens (tertiary/aromatic N) is 3. The molecular formula is C19H19F3N4O2. The van der Waals surface area contributed by atoms with Gasteiger partial charge in [0.25, 0.3) is 0 Å². The van der Waals surface area contributed by atoms with Crippen LogP contribution in [0.25, 0.3) is 22.3 Å². The third-order valence-corrected chi connectivity index (χ3v) is 5.50. The first kappa shape index (κ1) is 17.7. The molecule has 5 rings (SSSR count). The van der Waals surface area contributed by atoms with Crippen LogP contribution in [-0.2, 0) is 15.7 Å². The van der Waals surface area contributed by atoms with Crippen molar-refractivity contribution < 1.29 is 22.6 Å². The van der Waals surface area contributed by atoms with E-state index in [1.54, 1.807) is 6.20 Å². The van der Waals surface area contributed by atoms with E-state index >= 15 is 0 Å². The molecule has 0 bridgehead atoms. The van der Waals surface area contributed by atoms with Crippen molar-refractivity contribution in [3.05, 3.63) is 35.8 Å². The topological polar surface area (TPSA) is 65.0 Å². The molecule has 2 aliphatic heterocycles. The van der Waals surface area contributed by atoms with Crippen LogP contribution in [0.2, 0.25) is 0 Å². The lowest BCUT2D eigenvalue weighted by Crippen LogP contribution is -2.16. The molecule has 0 spiro atoms. The van der Waals surface area contributed by atoms with Crippen molar-refractivity contribution in [1.82, 2.24) is 19.7 Å². The Morgan fingerprint density at radius 1 is 1.11 bits per heavy atom. The molecule has 0 radical (unpaired) electrons. The van der Waals surface area contributed by atoms with Gasteiger partial charge in [0.1, 0.15) is 5.65 Å². The van der Waals surface area contributed by atoms with E-state index in [1.165, 1.54) is 6.07 Å². The zero-order valence-electron chi connectivity index (χ0n) is 15.0. The average molecular weight is 392 g/mol. The molecule has 2 aliphatic rings. The molecule has 9 heteroatoms. The lowest BCUT2D eigenvalue weighted by atomic mass is 10.0. The normalized spacial score (nSPS) is 23.1. The van der Waals surface area contributed by atoms with E-state index in [2.05, 4.69) is 9.97 Å². The summed E-state index contributed by atoms with van der Waals surface area (Å²) in [7, 11) is 0. The molecule has 1 N–H and O–H groups in total. The highest BCUT2D eigenvalue weighted by Gasteiger charge is 2.34. The Labute approximate surface area is 158 Å². The van der Waals surface area contributed by atoms with Crippen LogP contribution in [0.5, 0.6) is 0 Å². The number of pyridine rings is 1. The van der Waals surface area contributed by atoms with Gasteiger partial charge in [-0.15, -0.1) is 0 Å². The fourth-order valence-electron chi connectivity index (χ4n) is 4.01. The van der Waals surface area contributed by atoms with Gasteiger partial charge >= 0.3 is 6.18 Å². The fourth-order valence-corrected chi connectivity index (χ4v) is 4.01. The number of H-pyrrole nitrogens is 1. The smallest absolute Gasteiger partial charge is 0.381 e. The van der Waals surface area contributed by atoms with Gasteiger partial charge in [0.15, 0.2) is 0 Å². The maximum Gasteiger partial charge on any atom is 0.418 e. The molecule has 2 atom stereocenters. The lowest BCUT2D eigenvalue weighted by Gasteiger charge is -2.16. The standard InChI is InChI=1S/C19H19F3N4O2/c20-19(21,22)15-8-24-18-14(15)5-12(7-23-18)16-6-17(11-1-3-27-9-11)26(25-16)13-2-4-28-10-13/h5-8,11,13H,1-4,9-10H2,(H,23,24)/t11-,13-/m1/s1. The Balaban J connectivity index is 1.59. The zero-order chi connectivity index (χ0) is 19.3. The largest absolute Gasteiger partial charge is 0.418 e. The molecule has 2 saturated heterocycles. The van der Waals surface area contributed by atoms with E-state index < -0.39 is 11.7 Å². The third kappa shape index (κ3) is 2.98. The van der Waals surface area contributed by atoms with Crippen molar-refractivity contribution in [3.8, 4) is 11.3 Å². The number of alkyl halides is 3. The van der Waals surface area contributed by atoms with Gasteiger partial charge in [0, 0.05) is 48.2 Å². The monoisotopic (exact) mass is 392 g/mol. The molecule has 3 aromatic rings. The van der Waals surface area contributed by atoms with E-state index in [0.29, 0.717) is 37.7 Å². The minimum Gasteiger partial charge on any atom is -0.381 e. The van der Waals surface area contributed by atoms with Crippen LogP contribution in [0.1, 0.15) is 36.1 Å². The maximum absolute atomic E-state index is 13.3. The molecular weight excluding hydrogens is 373 g/mol. The summed E-state index contributed by atoms with van der Waals surface area (Å²) in [6, 6.07) is 3.61. The van der Waals surface area contributed by atoms with Crippen LogP contribution in [0.4, 0.5) is 13.2 Å². The summed E-state index contributed by atoms with van der Waals surface area (Å²) in [6.07, 6.45) is -0.143. The van der Waals surface area contributed by atoms with Gasteiger partial charge in [0.2, 0.25) is 0 Å². The zero-order valence-corrected chi connectivity index (χ0v) is 15.0. The van der Waals surface area contributed by atoms with Crippen LogP contribution in [0.15, 0.2) is 24.5 Å². The number of fused-ring (bicyclic) bond motifs is 1. The SMILES string of the molecule is FC(F)(F)c1c[nH]c2ncc(-c3cc([C@@H]4CCOC4)n([C@@H]4CCOC4)n3)cc12. The minimum absolute atomic E-state index is 0.0505. The van der Waals surface area contributed by atoms with Gasteiger partial charge in [-0.05, 0) is 25.0 Å². The Bertz CT molecular complexity index is 965. The number of nitrogens with one attached hydrogen (secondary N) is 1. The van der Waals surface area contributed by atoms with Gasteiger partial charge in [-0.1, -0.05) is 0 Å². The molecule has 148 valence electrons. The molecule has 6 nitrogen and oxygen atoms in total. The Kier molecular flexibility index (Phi) is 4.17. The van der Waals surface area contributed by atoms with E-state index in [9.17, 15) is 13.2 Å². The van der Waals surface area contributed by atoms with Crippen molar-refractivity contribution in [1.29, 1.82) is 0 Å². The molecule has 0 aliphatic carbocycles. The number of halogens is 3. The van der Waals surface area contributed by atoms with Crippen molar-refractivity contribution in [3.63, 3.8) is 0 Å². The van der Waals surface area contributed by atoms with Gasteiger partial charge in [-0.2, -0.15) is 18.3 Å². The number of hydrogen-bond donors (Lipinski definition) is 1. The van der Waals surface area contributed by atoms with Crippen molar-refractivity contribution in [2.45, 2.75) is 31.0 Å². The second kappa shape index (κ2) is 6.59. The van der Waals surface area contributed by atoms with Crippen molar-refractivity contribution in [2.24, 2.45) is 0 Å².